The fraction of sp³-hybridized carbons (Fsp3) is 0.370. The van der Waals surface area contributed by atoms with Gasteiger partial charge in [-0.25, -0.2) is 18.7 Å². The maximum atomic E-state index is 14.7. The van der Waals surface area contributed by atoms with E-state index in [1.807, 2.05) is 6.07 Å². The van der Waals surface area contributed by atoms with Crippen molar-refractivity contribution in [2.75, 3.05) is 11.4 Å². The standard InChI is InChI=1S/C27H23FN6O3/c28-26(3-4-26)13-33-21-9-14(1-2-19(21)27(5-6-27)24(33)36)15-10-16(15)17-11-20(32-34-8-7-29-22(17)34)18-12-30-25(37)31-23(18)35/h1-2,7-9,11-12,15-16H,3-6,10,13H2,(H2,30,31,35,37)/t15?,16-/m0/s1. The predicted octanol–water partition coefficient (Wildman–Crippen LogP) is 2.92. The van der Waals surface area contributed by atoms with Crippen LogP contribution in [0.3, 0.4) is 0 Å². The highest BCUT2D eigenvalue weighted by Gasteiger charge is 2.61. The van der Waals surface area contributed by atoms with Crippen LogP contribution in [0.2, 0.25) is 0 Å². The van der Waals surface area contributed by atoms with Gasteiger partial charge in [0.25, 0.3) is 5.56 Å². The van der Waals surface area contributed by atoms with Gasteiger partial charge in [0.1, 0.15) is 5.67 Å². The van der Waals surface area contributed by atoms with Gasteiger partial charge in [0.05, 0.1) is 23.2 Å². The number of H-pyrrole nitrogens is 2. The molecule has 3 fully saturated rings. The molecule has 9 nitrogen and oxygen atoms in total. The van der Waals surface area contributed by atoms with Crippen LogP contribution >= 0.6 is 0 Å². The van der Waals surface area contributed by atoms with Crippen molar-refractivity contribution < 1.29 is 9.18 Å². The third-order valence-electron chi connectivity index (χ3n) is 8.57. The number of aromatic nitrogens is 5. The van der Waals surface area contributed by atoms with Gasteiger partial charge in [-0.2, -0.15) is 5.10 Å². The van der Waals surface area contributed by atoms with E-state index in [0.717, 1.165) is 47.3 Å². The molecule has 186 valence electrons. The van der Waals surface area contributed by atoms with Gasteiger partial charge < -0.3 is 9.88 Å². The summed E-state index contributed by atoms with van der Waals surface area (Å²) < 4.78 is 16.4. The Kier molecular flexibility index (Phi) is 3.88. The van der Waals surface area contributed by atoms with Crippen LogP contribution in [0.25, 0.3) is 16.9 Å². The highest BCUT2D eigenvalue weighted by molar-refractivity contribution is 6.10. The summed E-state index contributed by atoms with van der Waals surface area (Å²) in [6.45, 7) is 0.147. The molecule has 1 aliphatic heterocycles. The van der Waals surface area contributed by atoms with Crippen molar-refractivity contribution in [1.82, 2.24) is 24.6 Å². The molecule has 0 saturated heterocycles. The normalized spacial score (nSPS) is 24.0. The van der Waals surface area contributed by atoms with Gasteiger partial charge in [0.15, 0.2) is 5.65 Å². The van der Waals surface area contributed by atoms with Gasteiger partial charge in [-0.1, -0.05) is 12.1 Å². The number of amides is 1. The molecule has 4 heterocycles. The molecule has 1 unspecified atom stereocenters. The van der Waals surface area contributed by atoms with E-state index in [1.54, 1.807) is 21.8 Å². The Hall–Kier alpha value is -4.08. The Labute approximate surface area is 209 Å². The highest BCUT2D eigenvalue weighted by atomic mass is 19.1. The van der Waals surface area contributed by atoms with Crippen molar-refractivity contribution in [2.24, 2.45) is 0 Å². The maximum absolute atomic E-state index is 14.7. The van der Waals surface area contributed by atoms with E-state index >= 15 is 0 Å². The van der Waals surface area contributed by atoms with Gasteiger partial charge in [0.2, 0.25) is 5.91 Å². The molecule has 4 aromatic rings. The second kappa shape index (κ2) is 6.81. The van der Waals surface area contributed by atoms with Crippen LogP contribution in [-0.2, 0) is 10.2 Å². The number of rotatable bonds is 5. The van der Waals surface area contributed by atoms with Crippen molar-refractivity contribution in [3.05, 3.63) is 80.4 Å². The average Bonchev–Trinajstić information content (AvgIpc) is 3.81. The van der Waals surface area contributed by atoms with E-state index in [9.17, 15) is 18.8 Å². The quantitative estimate of drug-likeness (QED) is 0.439. The summed E-state index contributed by atoms with van der Waals surface area (Å²) in [5.41, 5.74) is 2.69. The number of fused-ring (bicyclic) bond motifs is 3. The number of carbonyl (C=O) groups excluding carboxylic acids is 1. The van der Waals surface area contributed by atoms with Gasteiger partial charge in [0, 0.05) is 29.8 Å². The van der Waals surface area contributed by atoms with E-state index in [1.165, 1.54) is 6.20 Å². The van der Waals surface area contributed by atoms with Crippen LogP contribution in [-0.4, -0.2) is 42.7 Å². The molecule has 1 spiro atoms. The number of aromatic amines is 2. The largest absolute Gasteiger partial charge is 0.325 e. The lowest BCUT2D eigenvalue weighted by atomic mass is 9.95. The summed E-state index contributed by atoms with van der Waals surface area (Å²) in [5, 5.41) is 4.53. The van der Waals surface area contributed by atoms with E-state index in [2.05, 4.69) is 38.2 Å². The Bertz CT molecular complexity index is 1760. The number of alkyl halides is 1. The zero-order valence-electron chi connectivity index (χ0n) is 19.8. The number of carbonyl (C=O) groups is 1. The molecule has 8 rings (SSSR count). The number of nitrogens with zero attached hydrogens (tertiary/aromatic N) is 4. The number of hydrogen-bond donors (Lipinski definition) is 2. The Balaban J connectivity index is 1.17. The molecule has 3 aliphatic carbocycles. The molecular weight excluding hydrogens is 475 g/mol. The fourth-order valence-corrected chi connectivity index (χ4v) is 6.09. The first-order valence-corrected chi connectivity index (χ1v) is 12.7. The molecule has 10 heteroatoms. The average molecular weight is 499 g/mol. The van der Waals surface area contributed by atoms with Crippen LogP contribution in [0.4, 0.5) is 10.1 Å². The number of hydrogen-bond acceptors (Lipinski definition) is 5. The van der Waals surface area contributed by atoms with Crippen LogP contribution in [0.5, 0.6) is 0 Å². The summed E-state index contributed by atoms with van der Waals surface area (Å²) in [7, 11) is 0. The van der Waals surface area contributed by atoms with Crippen molar-refractivity contribution in [2.45, 2.75) is 55.0 Å². The number of nitrogens with one attached hydrogen (secondary N) is 2. The van der Waals surface area contributed by atoms with Crippen LogP contribution in [0.1, 0.15) is 60.6 Å². The number of halogens is 1. The topological polar surface area (TPSA) is 116 Å². The third kappa shape index (κ3) is 3.04. The summed E-state index contributed by atoms with van der Waals surface area (Å²) in [4.78, 5) is 48.1. The monoisotopic (exact) mass is 498 g/mol. The lowest BCUT2D eigenvalue weighted by Gasteiger charge is -2.20. The Morgan fingerprint density at radius 3 is 2.68 bits per heavy atom. The van der Waals surface area contributed by atoms with Crippen molar-refractivity contribution >= 4 is 17.2 Å². The zero-order valence-corrected chi connectivity index (χ0v) is 19.8. The molecule has 2 N–H and O–H groups in total. The summed E-state index contributed by atoms with van der Waals surface area (Å²) in [6, 6.07) is 8.15. The lowest BCUT2D eigenvalue weighted by molar-refractivity contribution is -0.120. The number of imidazole rings is 1. The predicted molar refractivity (Wildman–Crippen MR) is 133 cm³/mol. The summed E-state index contributed by atoms with van der Waals surface area (Å²) in [6.07, 6.45) is 8.37. The van der Waals surface area contributed by atoms with E-state index in [4.69, 9.17) is 0 Å². The minimum absolute atomic E-state index is 0.0555. The minimum Gasteiger partial charge on any atom is -0.313 e. The fourth-order valence-electron chi connectivity index (χ4n) is 6.09. The lowest BCUT2D eigenvalue weighted by Crippen LogP contribution is -2.37. The third-order valence-corrected chi connectivity index (χ3v) is 8.57. The van der Waals surface area contributed by atoms with Crippen LogP contribution in [0.15, 0.2) is 52.4 Å². The Morgan fingerprint density at radius 2 is 1.92 bits per heavy atom. The highest BCUT2D eigenvalue weighted by Crippen LogP contribution is 2.61. The van der Waals surface area contributed by atoms with Gasteiger partial charge >= 0.3 is 5.69 Å². The molecular formula is C27H23FN6O3. The van der Waals surface area contributed by atoms with Gasteiger partial charge in [-0.15, -0.1) is 0 Å². The molecule has 3 saturated carbocycles. The van der Waals surface area contributed by atoms with Gasteiger partial charge in [-0.3, -0.25) is 14.6 Å². The SMILES string of the molecule is O=C1N(CC2(F)CC2)c2cc(C3C[C@@H]3c3cc(-c4c[nH]c(=O)[nH]c4=O)nn4ccnc34)ccc2C12CC2. The van der Waals surface area contributed by atoms with E-state index < -0.39 is 22.3 Å². The van der Waals surface area contributed by atoms with Crippen LogP contribution in [0, 0.1) is 0 Å². The smallest absolute Gasteiger partial charge is 0.313 e. The zero-order chi connectivity index (χ0) is 25.1. The first-order chi connectivity index (χ1) is 17.9. The second-order valence-corrected chi connectivity index (χ2v) is 11.0. The molecule has 0 bridgehead atoms. The molecule has 0 radical (unpaired) electrons. The summed E-state index contributed by atoms with van der Waals surface area (Å²) in [5.74, 6) is 0.422. The molecule has 37 heavy (non-hydrogen) atoms. The molecule has 1 amide bonds. The molecule has 1 aromatic carbocycles. The molecule has 3 aromatic heterocycles. The molecule has 4 aliphatic rings. The molecule has 2 atom stereocenters. The van der Waals surface area contributed by atoms with Crippen molar-refractivity contribution in [3.63, 3.8) is 0 Å². The maximum Gasteiger partial charge on any atom is 0.325 e. The Morgan fingerprint density at radius 1 is 1.08 bits per heavy atom. The van der Waals surface area contributed by atoms with Crippen LogP contribution < -0.4 is 16.1 Å². The first kappa shape index (κ1) is 21.0. The van der Waals surface area contributed by atoms with E-state index in [0.29, 0.717) is 18.5 Å². The van der Waals surface area contributed by atoms with Crippen molar-refractivity contribution in [1.29, 1.82) is 0 Å². The number of anilines is 1. The minimum atomic E-state index is -1.25. The summed E-state index contributed by atoms with van der Waals surface area (Å²) >= 11 is 0. The van der Waals surface area contributed by atoms with Crippen molar-refractivity contribution in [3.8, 4) is 11.3 Å². The van der Waals surface area contributed by atoms with Gasteiger partial charge in [-0.05, 0) is 67.2 Å². The first-order valence-electron chi connectivity index (χ1n) is 12.7. The number of benzene rings is 1. The van der Waals surface area contributed by atoms with E-state index in [-0.39, 0.29) is 29.9 Å². The second-order valence-electron chi connectivity index (χ2n) is 11.0.